The van der Waals surface area contributed by atoms with Crippen molar-refractivity contribution in [2.45, 2.75) is 25.5 Å². The van der Waals surface area contributed by atoms with Crippen LogP contribution < -0.4 is 14.8 Å². The molecule has 1 N–H and O–H groups in total. The second-order valence-electron chi connectivity index (χ2n) is 6.99. The molecule has 5 rings (SSSR count). The van der Waals surface area contributed by atoms with E-state index in [1.54, 1.807) is 36.0 Å². The molecular formula is C21H19N5O3. The van der Waals surface area contributed by atoms with Gasteiger partial charge in [0.1, 0.15) is 18.1 Å². The third-order valence-electron chi connectivity index (χ3n) is 4.91. The zero-order valence-electron chi connectivity index (χ0n) is 15.8. The number of amides is 1. The molecule has 3 aromatic heterocycles. The summed E-state index contributed by atoms with van der Waals surface area (Å²) in [7, 11) is 1.62. The number of benzene rings is 1. The van der Waals surface area contributed by atoms with Crippen LogP contribution in [0.4, 0.5) is 0 Å². The Labute approximate surface area is 166 Å². The molecule has 3 heterocycles. The molecule has 0 saturated heterocycles. The number of methoxy groups -OCH3 is 1. The van der Waals surface area contributed by atoms with Gasteiger partial charge >= 0.3 is 0 Å². The van der Waals surface area contributed by atoms with Gasteiger partial charge < -0.3 is 14.8 Å². The molecule has 0 atom stereocenters. The van der Waals surface area contributed by atoms with E-state index in [9.17, 15) is 4.79 Å². The van der Waals surface area contributed by atoms with Gasteiger partial charge in [-0.25, -0.2) is 0 Å². The van der Waals surface area contributed by atoms with Crippen molar-refractivity contribution in [3.8, 4) is 11.5 Å². The van der Waals surface area contributed by atoms with E-state index < -0.39 is 0 Å². The van der Waals surface area contributed by atoms with Gasteiger partial charge in [0.25, 0.3) is 5.91 Å². The monoisotopic (exact) mass is 389 g/mol. The lowest BCUT2D eigenvalue weighted by atomic mass is 10.2. The van der Waals surface area contributed by atoms with Crippen LogP contribution in [0.3, 0.4) is 0 Å². The lowest BCUT2D eigenvalue weighted by Crippen LogP contribution is -2.25. The minimum absolute atomic E-state index is 0.0796. The number of ether oxygens (including phenoxy) is 2. The average molecular weight is 389 g/mol. The number of fused-ring (bicyclic) bond motifs is 2. The summed E-state index contributed by atoms with van der Waals surface area (Å²) in [5.74, 6) is 1.96. The van der Waals surface area contributed by atoms with Gasteiger partial charge in [-0.15, -0.1) is 10.2 Å². The summed E-state index contributed by atoms with van der Waals surface area (Å²) < 4.78 is 13.1. The maximum Gasteiger partial charge on any atom is 0.252 e. The first-order chi connectivity index (χ1) is 14.2. The Balaban J connectivity index is 1.40. The topological polar surface area (TPSA) is 90.6 Å². The van der Waals surface area contributed by atoms with Crippen LogP contribution in [-0.2, 0) is 6.61 Å². The van der Waals surface area contributed by atoms with Crippen molar-refractivity contribution in [3.05, 3.63) is 60.2 Å². The smallest absolute Gasteiger partial charge is 0.252 e. The number of hydrogen-bond donors (Lipinski definition) is 1. The van der Waals surface area contributed by atoms with Crippen molar-refractivity contribution in [2.75, 3.05) is 7.11 Å². The third kappa shape index (κ3) is 3.44. The maximum atomic E-state index is 12.3. The van der Waals surface area contributed by atoms with Gasteiger partial charge in [0.15, 0.2) is 11.5 Å². The van der Waals surface area contributed by atoms with Crippen LogP contribution in [0.1, 0.15) is 29.0 Å². The van der Waals surface area contributed by atoms with Gasteiger partial charge in [0.2, 0.25) is 0 Å². The van der Waals surface area contributed by atoms with Crippen molar-refractivity contribution in [3.63, 3.8) is 0 Å². The van der Waals surface area contributed by atoms with E-state index in [0.717, 1.165) is 29.5 Å². The average Bonchev–Trinajstić information content (AvgIpc) is 3.48. The van der Waals surface area contributed by atoms with Gasteiger partial charge in [-0.1, -0.05) is 0 Å². The molecule has 0 unspecified atom stereocenters. The van der Waals surface area contributed by atoms with E-state index in [0.29, 0.717) is 28.8 Å². The molecule has 1 saturated carbocycles. The minimum atomic E-state index is -0.0796. The van der Waals surface area contributed by atoms with Gasteiger partial charge in [0, 0.05) is 29.9 Å². The van der Waals surface area contributed by atoms with Crippen molar-refractivity contribution < 1.29 is 14.3 Å². The highest BCUT2D eigenvalue weighted by atomic mass is 16.5. The molecule has 0 radical (unpaired) electrons. The summed E-state index contributed by atoms with van der Waals surface area (Å²) >= 11 is 0. The molecule has 1 aliphatic carbocycles. The van der Waals surface area contributed by atoms with Gasteiger partial charge in [-0.05, 0) is 43.2 Å². The fraction of sp³-hybridized carbons (Fsp3) is 0.238. The van der Waals surface area contributed by atoms with Gasteiger partial charge in [-0.2, -0.15) is 0 Å². The molecule has 0 spiro atoms. The van der Waals surface area contributed by atoms with Gasteiger partial charge in [-0.3, -0.25) is 14.2 Å². The molecule has 29 heavy (non-hydrogen) atoms. The molecule has 1 fully saturated rings. The van der Waals surface area contributed by atoms with Crippen LogP contribution in [0.15, 0.2) is 48.8 Å². The Morgan fingerprint density at radius 1 is 1.21 bits per heavy atom. The molecule has 0 bridgehead atoms. The summed E-state index contributed by atoms with van der Waals surface area (Å²) in [6, 6.07) is 11.3. The number of nitrogens with one attached hydrogen (secondary N) is 1. The SMILES string of the molecule is COc1ccc2c(OCc3nnc4ccc(C(=O)NC5CC5)cn34)ccnc2c1. The van der Waals surface area contributed by atoms with E-state index in [-0.39, 0.29) is 12.5 Å². The van der Waals surface area contributed by atoms with E-state index in [1.165, 1.54) is 0 Å². The van der Waals surface area contributed by atoms with Crippen molar-refractivity contribution in [1.29, 1.82) is 0 Å². The standard InChI is InChI=1S/C21H19N5O3/c1-28-15-5-6-16-17(10-15)22-9-8-18(16)29-12-20-25-24-19-7-2-13(11-26(19)20)21(27)23-14-3-4-14/h2,5-11,14H,3-4,12H2,1H3,(H,23,27). The predicted octanol–water partition coefficient (Wildman–Crippen LogP) is 2.76. The van der Waals surface area contributed by atoms with Crippen LogP contribution in [0.5, 0.6) is 11.5 Å². The molecule has 8 nitrogen and oxygen atoms in total. The first-order valence-electron chi connectivity index (χ1n) is 9.41. The number of pyridine rings is 2. The van der Waals surface area contributed by atoms with E-state index in [4.69, 9.17) is 9.47 Å². The fourth-order valence-electron chi connectivity index (χ4n) is 3.16. The van der Waals surface area contributed by atoms with Crippen LogP contribution in [0.25, 0.3) is 16.6 Å². The lowest BCUT2D eigenvalue weighted by Gasteiger charge is -2.09. The minimum Gasteiger partial charge on any atom is -0.497 e. The summed E-state index contributed by atoms with van der Waals surface area (Å²) in [4.78, 5) is 16.7. The molecular weight excluding hydrogens is 370 g/mol. The van der Waals surface area contributed by atoms with Crippen LogP contribution in [-0.4, -0.2) is 38.6 Å². The maximum absolute atomic E-state index is 12.3. The molecule has 1 aliphatic rings. The lowest BCUT2D eigenvalue weighted by molar-refractivity contribution is 0.0950. The molecule has 1 aromatic carbocycles. The van der Waals surface area contributed by atoms with Crippen LogP contribution >= 0.6 is 0 Å². The number of rotatable bonds is 6. The number of hydrogen-bond acceptors (Lipinski definition) is 6. The zero-order chi connectivity index (χ0) is 19.8. The third-order valence-corrected chi connectivity index (χ3v) is 4.91. The number of carbonyl (C=O) groups is 1. The summed E-state index contributed by atoms with van der Waals surface area (Å²) in [6.45, 7) is 0.208. The second kappa shape index (κ2) is 7.05. The summed E-state index contributed by atoms with van der Waals surface area (Å²) in [6.07, 6.45) is 5.54. The van der Waals surface area contributed by atoms with Crippen molar-refractivity contribution >= 4 is 22.5 Å². The van der Waals surface area contributed by atoms with Gasteiger partial charge in [0.05, 0.1) is 18.2 Å². The number of aromatic nitrogens is 4. The van der Waals surface area contributed by atoms with Crippen LogP contribution in [0.2, 0.25) is 0 Å². The Morgan fingerprint density at radius 3 is 2.93 bits per heavy atom. The molecule has 0 aliphatic heterocycles. The normalized spacial score (nSPS) is 13.6. The van der Waals surface area contributed by atoms with E-state index in [1.807, 2.05) is 24.3 Å². The van der Waals surface area contributed by atoms with E-state index in [2.05, 4.69) is 20.5 Å². The highest BCUT2D eigenvalue weighted by Crippen LogP contribution is 2.27. The highest BCUT2D eigenvalue weighted by molar-refractivity contribution is 5.94. The first kappa shape index (κ1) is 17.4. The first-order valence-corrected chi connectivity index (χ1v) is 9.41. The summed E-state index contributed by atoms with van der Waals surface area (Å²) in [5, 5.41) is 12.2. The largest absolute Gasteiger partial charge is 0.497 e. The van der Waals surface area contributed by atoms with Crippen LogP contribution in [0, 0.1) is 0 Å². The Bertz CT molecular complexity index is 1220. The molecule has 146 valence electrons. The predicted molar refractivity (Wildman–Crippen MR) is 106 cm³/mol. The van der Waals surface area contributed by atoms with E-state index >= 15 is 0 Å². The number of carbonyl (C=O) groups excluding carboxylic acids is 1. The molecule has 4 aromatic rings. The number of nitrogens with zero attached hydrogens (tertiary/aromatic N) is 4. The molecule has 1 amide bonds. The quantitative estimate of drug-likeness (QED) is 0.545. The highest BCUT2D eigenvalue weighted by Gasteiger charge is 2.24. The second-order valence-corrected chi connectivity index (χ2v) is 6.99. The summed E-state index contributed by atoms with van der Waals surface area (Å²) in [5.41, 5.74) is 2.02. The Kier molecular flexibility index (Phi) is 4.23. The molecule has 8 heteroatoms. The Morgan fingerprint density at radius 2 is 2.10 bits per heavy atom. The zero-order valence-corrected chi connectivity index (χ0v) is 15.8. The van der Waals surface area contributed by atoms with Crippen molar-refractivity contribution in [1.82, 2.24) is 24.9 Å². The van der Waals surface area contributed by atoms with Crippen molar-refractivity contribution in [2.24, 2.45) is 0 Å². The fourth-order valence-corrected chi connectivity index (χ4v) is 3.16. The Hall–Kier alpha value is -3.68.